The fourth-order valence-corrected chi connectivity index (χ4v) is 1.35. The molecule has 0 amide bonds. The van der Waals surface area contributed by atoms with Gasteiger partial charge >= 0.3 is 12.3 Å². The summed E-state index contributed by atoms with van der Waals surface area (Å²) in [6.45, 7) is -0.171. The van der Waals surface area contributed by atoms with E-state index in [4.69, 9.17) is 16.1 Å². The van der Waals surface area contributed by atoms with Crippen LogP contribution in [-0.2, 0) is 6.54 Å². The summed E-state index contributed by atoms with van der Waals surface area (Å²) in [5, 5.41) is 17.7. The second kappa shape index (κ2) is 4.93. The molecule has 0 fully saturated rings. The minimum absolute atomic E-state index is 0.129. The maximum Gasteiger partial charge on any atom is 0.573 e. The van der Waals surface area contributed by atoms with Gasteiger partial charge in [-0.1, -0.05) is 6.07 Å². The fourth-order valence-electron chi connectivity index (χ4n) is 1.35. The molecule has 8 heteroatoms. The van der Waals surface area contributed by atoms with E-state index in [1.807, 2.05) is 0 Å². The number of carbonyl (C=O) groups is 1. The van der Waals surface area contributed by atoms with E-state index < -0.39 is 29.2 Å². The maximum atomic E-state index is 12.1. The van der Waals surface area contributed by atoms with Gasteiger partial charge in [0.2, 0.25) is 0 Å². The van der Waals surface area contributed by atoms with Crippen LogP contribution in [0.15, 0.2) is 12.1 Å². The number of hydrogen-bond donors (Lipinski definition) is 2. The third kappa shape index (κ3) is 2.89. The van der Waals surface area contributed by atoms with E-state index in [0.29, 0.717) is 0 Å². The molecule has 0 radical (unpaired) electrons. The average molecular weight is 260 g/mol. The molecular weight excluding hydrogens is 253 g/mol. The van der Waals surface area contributed by atoms with Crippen LogP contribution in [-0.4, -0.2) is 17.4 Å². The highest BCUT2D eigenvalue weighted by molar-refractivity contribution is 5.94. The Kier molecular flexibility index (Phi) is 3.78. The quantitative estimate of drug-likeness (QED) is 0.860. The molecule has 1 rings (SSSR count). The first-order valence-electron chi connectivity index (χ1n) is 4.55. The van der Waals surface area contributed by atoms with Gasteiger partial charge in [0, 0.05) is 6.54 Å². The number of nitrogens with two attached hydrogens (primary N) is 1. The topological polar surface area (TPSA) is 96.3 Å². The van der Waals surface area contributed by atoms with E-state index in [0.717, 1.165) is 12.1 Å². The van der Waals surface area contributed by atoms with Crippen molar-refractivity contribution in [1.29, 1.82) is 5.26 Å². The molecule has 1 aromatic carbocycles. The molecule has 0 atom stereocenters. The normalized spacial score (nSPS) is 10.8. The molecule has 0 spiro atoms. The summed E-state index contributed by atoms with van der Waals surface area (Å²) in [6.07, 6.45) is -5.04. The molecule has 0 aliphatic heterocycles. The molecule has 0 aliphatic rings. The molecule has 0 aliphatic carbocycles. The Labute approximate surface area is 99.2 Å². The first kappa shape index (κ1) is 13.8. The number of ether oxygens (including phenoxy) is 1. The second-order valence-electron chi connectivity index (χ2n) is 3.14. The number of carboxylic acid groups (broad SMARTS) is 1. The van der Waals surface area contributed by atoms with Gasteiger partial charge in [0.25, 0.3) is 0 Å². The maximum absolute atomic E-state index is 12.1. The number of carboxylic acids is 1. The number of benzene rings is 1. The van der Waals surface area contributed by atoms with E-state index in [9.17, 15) is 18.0 Å². The highest BCUT2D eigenvalue weighted by atomic mass is 19.4. The summed E-state index contributed by atoms with van der Waals surface area (Å²) in [5.41, 5.74) is 4.11. The van der Waals surface area contributed by atoms with Crippen molar-refractivity contribution in [2.24, 2.45) is 5.73 Å². The van der Waals surface area contributed by atoms with Crippen LogP contribution in [0.4, 0.5) is 13.2 Å². The molecule has 5 nitrogen and oxygen atoms in total. The molecule has 0 heterocycles. The van der Waals surface area contributed by atoms with Gasteiger partial charge in [0.05, 0.1) is 5.56 Å². The standard InChI is InChI=1S/C10H7F3N2O3/c11-10(12,13)18-7-2-1-5(3-14)6(4-15)8(7)9(16)17/h1-2H,3,14H2,(H,16,17). The van der Waals surface area contributed by atoms with Crippen LogP contribution >= 0.6 is 0 Å². The molecule has 18 heavy (non-hydrogen) atoms. The minimum Gasteiger partial charge on any atom is -0.478 e. The molecule has 0 saturated heterocycles. The Morgan fingerprint density at radius 3 is 2.50 bits per heavy atom. The largest absolute Gasteiger partial charge is 0.573 e. The SMILES string of the molecule is N#Cc1c(CN)ccc(OC(F)(F)F)c1C(=O)O. The Hall–Kier alpha value is -2.27. The smallest absolute Gasteiger partial charge is 0.478 e. The predicted octanol–water partition coefficient (Wildman–Crippen LogP) is 1.61. The molecule has 0 saturated carbocycles. The van der Waals surface area contributed by atoms with Gasteiger partial charge in [-0.25, -0.2) is 4.79 Å². The first-order chi connectivity index (χ1) is 8.30. The van der Waals surface area contributed by atoms with E-state index in [-0.39, 0.29) is 12.1 Å². The van der Waals surface area contributed by atoms with Crippen LogP contribution in [0.25, 0.3) is 0 Å². The Morgan fingerprint density at radius 2 is 2.11 bits per heavy atom. The summed E-state index contributed by atoms with van der Waals surface area (Å²) in [5.74, 6) is -2.63. The number of nitriles is 1. The minimum atomic E-state index is -5.04. The van der Waals surface area contributed by atoms with Crippen molar-refractivity contribution in [3.63, 3.8) is 0 Å². The van der Waals surface area contributed by atoms with Crippen molar-refractivity contribution in [3.8, 4) is 11.8 Å². The zero-order chi connectivity index (χ0) is 13.9. The number of alkyl halides is 3. The summed E-state index contributed by atoms with van der Waals surface area (Å²) < 4.78 is 39.8. The van der Waals surface area contributed by atoms with E-state index in [1.54, 1.807) is 0 Å². The summed E-state index contributed by atoms with van der Waals surface area (Å²) in [4.78, 5) is 10.9. The van der Waals surface area contributed by atoms with E-state index >= 15 is 0 Å². The monoisotopic (exact) mass is 260 g/mol. The summed E-state index contributed by atoms with van der Waals surface area (Å²) >= 11 is 0. The van der Waals surface area contributed by atoms with Crippen LogP contribution in [0.5, 0.6) is 5.75 Å². The number of rotatable bonds is 3. The van der Waals surface area contributed by atoms with Gasteiger partial charge in [0.15, 0.2) is 0 Å². The van der Waals surface area contributed by atoms with E-state index in [2.05, 4.69) is 4.74 Å². The van der Waals surface area contributed by atoms with Crippen molar-refractivity contribution in [3.05, 3.63) is 28.8 Å². The lowest BCUT2D eigenvalue weighted by Crippen LogP contribution is -2.20. The molecule has 0 unspecified atom stereocenters. The number of halogens is 3. The molecule has 0 aromatic heterocycles. The lowest BCUT2D eigenvalue weighted by atomic mass is 10.0. The summed E-state index contributed by atoms with van der Waals surface area (Å²) in [7, 11) is 0. The van der Waals surface area contributed by atoms with Crippen LogP contribution in [0.3, 0.4) is 0 Å². The zero-order valence-corrected chi connectivity index (χ0v) is 8.78. The molecular formula is C10H7F3N2O3. The first-order valence-corrected chi connectivity index (χ1v) is 4.55. The van der Waals surface area contributed by atoms with Crippen molar-refractivity contribution in [2.75, 3.05) is 0 Å². The number of nitrogens with zero attached hydrogens (tertiary/aromatic N) is 1. The van der Waals surface area contributed by atoms with Gasteiger partial charge < -0.3 is 15.6 Å². The van der Waals surface area contributed by atoms with Gasteiger partial charge in [-0.15, -0.1) is 13.2 Å². The Balaban J connectivity index is 3.46. The Morgan fingerprint density at radius 1 is 1.50 bits per heavy atom. The molecule has 96 valence electrons. The van der Waals surface area contributed by atoms with Gasteiger partial charge in [-0.3, -0.25) is 0 Å². The fraction of sp³-hybridized carbons (Fsp3) is 0.200. The predicted molar refractivity (Wildman–Crippen MR) is 52.7 cm³/mol. The number of aromatic carboxylic acids is 1. The highest BCUT2D eigenvalue weighted by Crippen LogP contribution is 2.30. The van der Waals surface area contributed by atoms with Gasteiger partial charge in [0.1, 0.15) is 17.4 Å². The Bertz CT molecular complexity index is 520. The van der Waals surface area contributed by atoms with Crippen molar-refractivity contribution >= 4 is 5.97 Å². The second-order valence-corrected chi connectivity index (χ2v) is 3.14. The number of hydrogen-bond acceptors (Lipinski definition) is 4. The van der Waals surface area contributed by atoms with Crippen molar-refractivity contribution in [2.45, 2.75) is 12.9 Å². The van der Waals surface area contributed by atoms with Gasteiger partial charge in [-0.2, -0.15) is 5.26 Å². The summed E-state index contributed by atoms with van der Waals surface area (Å²) in [6, 6.07) is 3.45. The zero-order valence-electron chi connectivity index (χ0n) is 8.78. The highest BCUT2D eigenvalue weighted by Gasteiger charge is 2.34. The lowest BCUT2D eigenvalue weighted by molar-refractivity contribution is -0.274. The third-order valence-corrected chi connectivity index (χ3v) is 2.02. The van der Waals surface area contributed by atoms with Crippen molar-refractivity contribution in [1.82, 2.24) is 0 Å². The van der Waals surface area contributed by atoms with Crippen LogP contribution in [0.1, 0.15) is 21.5 Å². The van der Waals surface area contributed by atoms with Crippen LogP contribution in [0.2, 0.25) is 0 Å². The third-order valence-electron chi connectivity index (χ3n) is 2.02. The molecule has 3 N–H and O–H groups in total. The molecule has 0 bridgehead atoms. The lowest BCUT2D eigenvalue weighted by Gasteiger charge is -2.13. The average Bonchev–Trinajstić information content (AvgIpc) is 2.25. The molecule has 1 aromatic rings. The van der Waals surface area contributed by atoms with Gasteiger partial charge in [-0.05, 0) is 11.6 Å². The van der Waals surface area contributed by atoms with Crippen LogP contribution < -0.4 is 10.5 Å². The van der Waals surface area contributed by atoms with Crippen molar-refractivity contribution < 1.29 is 27.8 Å². The van der Waals surface area contributed by atoms with E-state index in [1.165, 1.54) is 6.07 Å². The van der Waals surface area contributed by atoms with Crippen LogP contribution in [0, 0.1) is 11.3 Å².